The summed E-state index contributed by atoms with van der Waals surface area (Å²) < 4.78 is 11.2. The Kier molecular flexibility index (Phi) is 6.65. The second-order valence-corrected chi connectivity index (χ2v) is 7.46. The van der Waals surface area contributed by atoms with Crippen LogP contribution >= 0.6 is 0 Å². The zero-order valence-electron chi connectivity index (χ0n) is 17.9. The average Bonchev–Trinajstić information content (AvgIpc) is 3.21. The van der Waals surface area contributed by atoms with Gasteiger partial charge in [0.05, 0.1) is 18.2 Å². The highest BCUT2D eigenvalue weighted by Crippen LogP contribution is 2.28. The van der Waals surface area contributed by atoms with Crippen molar-refractivity contribution < 1.29 is 19.1 Å². The molecule has 1 atom stereocenters. The van der Waals surface area contributed by atoms with Gasteiger partial charge < -0.3 is 19.7 Å². The molecule has 4 rings (SSSR count). The van der Waals surface area contributed by atoms with Gasteiger partial charge in [-0.2, -0.15) is 0 Å². The van der Waals surface area contributed by atoms with E-state index in [0.717, 1.165) is 17.1 Å². The van der Waals surface area contributed by atoms with E-state index in [1.54, 1.807) is 23.2 Å². The molecule has 7 heteroatoms. The van der Waals surface area contributed by atoms with Gasteiger partial charge in [0.2, 0.25) is 11.8 Å². The second kappa shape index (κ2) is 9.96. The lowest BCUT2D eigenvalue weighted by Gasteiger charge is -2.17. The molecule has 1 saturated heterocycles. The number of anilines is 2. The first-order valence-electron chi connectivity index (χ1n) is 10.6. The molecule has 0 saturated carbocycles. The molecule has 2 amide bonds. The zero-order valence-corrected chi connectivity index (χ0v) is 17.9. The lowest BCUT2D eigenvalue weighted by atomic mass is 10.1. The van der Waals surface area contributed by atoms with Crippen LogP contribution in [0.15, 0.2) is 72.9 Å². The number of ether oxygens (including phenoxy) is 2. The molecule has 1 aliphatic heterocycles. The van der Waals surface area contributed by atoms with E-state index in [0.29, 0.717) is 31.2 Å². The first kappa shape index (κ1) is 21.4. The average molecular weight is 431 g/mol. The van der Waals surface area contributed by atoms with Crippen molar-refractivity contribution in [2.45, 2.75) is 20.0 Å². The van der Waals surface area contributed by atoms with Gasteiger partial charge in [0.25, 0.3) is 0 Å². The Morgan fingerprint density at radius 3 is 2.66 bits per heavy atom. The summed E-state index contributed by atoms with van der Waals surface area (Å²) in [5.74, 6) is 0.705. The summed E-state index contributed by atoms with van der Waals surface area (Å²) in [7, 11) is 0. The molecular weight excluding hydrogens is 406 g/mol. The quantitative estimate of drug-likeness (QED) is 0.582. The van der Waals surface area contributed by atoms with Crippen molar-refractivity contribution in [3.8, 4) is 11.5 Å². The number of pyridine rings is 1. The monoisotopic (exact) mass is 431 g/mol. The van der Waals surface area contributed by atoms with E-state index in [4.69, 9.17) is 9.47 Å². The van der Waals surface area contributed by atoms with Gasteiger partial charge in [-0.15, -0.1) is 0 Å². The van der Waals surface area contributed by atoms with E-state index in [9.17, 15) is 9.59 Å². The number of carbonyl (C=O) groups is 2. The van der Waals surface area contributed by atoms with Crippen molar-refractivity contribution in [3.63, 3.8) is 0 Å². The largest absolute Gasteiger partial charge is 0.494 e. The molecule has 1 N–H and O–H groups in total. The number of nitrogens with zero attached hydrogens (tertiary/aromatic N) is 2. The Balaban J connectivity index is 1.35. The molecule has 2 heterocycles. The van der Waals surface area contributed by atoms with E-state index in [1.807, 2.05) is 61.5 Å². The molecule has 3 aromatic rings. The number of amides is 2. The highest BCUT2D eigenvalue weighted by Gasteiger charge is 2.35. The zero-order chi connectivity index (χ0) is 22.3. The fraction of sp³-hybridized carbons (Fsp3) is 0.240. The molecule has 2 aromatic carbocycles. The van der Waals surface area contributed by atoms with E-state index in [1.165, 1.54) is 0 Å². The van der Waals surface area contributed by atoms with Crippen molar-refractivity contribution in [1.29, 1.82) is 0 Å². The van der Waals surface area contributed by atoms with Gasteiger partial charge in [-0.1, -0.05) is 12.1 Å². The highest BCUT2D eigenvalue weighted by molar-refractivity contribution is 6.03. The van der Waals surface area contributed by atoms with Crippen LogP contribution in [0, 0.1) is 5.92 Å². The molecule has 0 radical (unpaired) electrons. The van der Waals surface area contributed by atoms with Gasteiger partial charge in [0.15, 0.2) is 0 Å². The topological polar surface area (TPSA) is 80.8 Å². The molecule has 1 aliphatic rings. The molecule has 0 bridgehead atoms. The first-order valence-corrected chi connectivity index (χ1v) is 10.6. The van der Waals surface area contributed by atoms with Crippen molar-refractivity contribution >= 4 is 23.2 Å². The van der Waals surface area contributed by atoms with Crippen molar-refractivity contribution in [2.75, 3.05) is 23.4 Å². The summed E-state index contributed by atoms with van der Waals surface area (Å²) >= 11 is 0. The second-order valence-electron chi connectivity index (χ2n) is 7.46. The molecule has 7 nitrogen and oxygen atoms in total. The van der Waals surface area contributed by atoms with Crippen LogP contribution in [0.2, 0.25) is 0 Å². The summed E-state index contributed by atoms with van der Waals surface area (Å²) in [6, 6.07) is 20.2. The number of carbonyl (C=O) groups excluding carboxylic acids is 2. The standard InChI is InChI=1S/C25H25N3O4/c1-2-31-22-11-9-21(10-12-22)28-16-18(14-24(28)29)25(30)27-19-7-5-8-23(15-19)32-17-20-6-3-4-13-26-20/h3-13,15,18H,2,14,16-17H2,1H3,(H,27,30)/t18-/m0/s1. The van der Waals surface area contributed by atoms with E-state index < -0.39 is 5.92 Å². The van der Waals surface area contributed by atoms with Gasteiger partial charge in [-0.05, 0) is 55.5 Å². The number of rotatable bonds is 8. The Bertz CT molecular complexity index is 1070. The van der Waals surface area contributed by atoms with Gasteiger partial charge in [0.1, 0.15) is 18.1 Å². The third-order valence-electron chi connectivity index (χ3n) is 5.17. The number of hydrogen-bond acceptors (Lipinski definition) is 5. The summed E-state index contributed by atoms with van der Waals surface area (Å²) in [5.41, 5.74) is 2.21. The van der Waals surface area contributed by atoms with E-state index >= 15 is 0 Å². The number of aromatic nitrogens is 1. The van der Waals surface area contributed by atoms with Crippen LogP contribution in [0.4, 0.5) is 11.4 Å². The van der Waals surface area contributed by atoms with Crippen molar-refractivity contribution in [1.82, 2.24) is 4.98 Å². The predicted molar refractivity (Wildman–Crippen MR) is 122 cm³/mol. The Labute approximate surface area is 187 Å². The van der Waals surface area contributed by atoms with Crippen molar-refractivity contribution in [2.24, 2.45) is 5.92 Å². The number of hydrogen-bond donors (Lipinski definition) is 1. The maximum atomic E-state index is 12.8. The normalized spacial score (nSPS) is 15.5. The van der Waals surface area contributed by atoms with Crippen molar-refractivity contribution in [3.05, 3.63) is 78.6 Å². The SMILES string of the molecule is CCOc1ccc(N2C[C@@H](C(=O)Nc3cccc(OCc4ccccn4)c3)CC2=O)cc1. The summed E-state index contributed by atoms with van der Waals surface area (Å²) in [4.78, 5) is 31.2. The Morgan fingerprint density at radius 1 is 1.06 bits per heavy atom. The van der Waals surface area contributed by atoms with Gasteiger partial charge in [-0.3, -0.25) is 14.6 Å². The third kappa shape index (κ3) is 5.24. The summed E-state index contributed by atoms with van der Waals surface area (Å²) in [5, 5.41) is 2.91. The fourth-order valence-corrected chi connectivity index (χ4v) is 3.57. The molecule has 1 fully saturated rings. The molecule has 0 unspecified atom stereocenters. The first-order chi connectivity index (χ1) is 15.6. The molecule has 0 aliphatic carbocycles. The lowest BCUT2D eigenvalue weighted by Crippen LogP contribution is -2.28. The van der Waals surface area contributed by atoms with E-state index in [-0.39, 0.29) is 18.2 Å². The fourth-order valence-electron chi connectivity index (χ4n) is 3.57. The number of benzene rings is 2. The minimum Gasteiger partial charge on any atom is -0.494 e. The molecule has 32 heavy (non-hydrogen) atoms. The van der Waals surface area contributed by atoms with Crippen LogP contribution in [-0.2, 0) is 16.2 Å². The van der Waals surface area contributed by atoms with Crippen LogP contribution in [-0.4, -0.2) is 29.9 Å². The van der Waals surface area contributed by atoms with Gasteiger partial charge >= 0.3 is 0 Å². The van der Waals surface area contributed by atoms with Gasteiger partial charge in [0, 0.05) is 36.6 Å². The molecule has 1 aromatic heterocycles. The molecule has 164 valence electrons. The predicted octanol–water partition coefficient (Wildman–Crippen LogP) is 4.05. The minimum absolute atomic E-state index is 0.0678. The van der Waals surface area contributed by atoms with Crippen LogP contribution in [0.5, 0.6) is 11.5 Å². The minimum atomic E-state index is -0.424. The third-order valence-corrected chi connectivity index (χ3v) is 5.17. The smallest absolute Gasteiger partial charge is 0.229 e. The van der Waals surface area contributed by atoms with Gasteiger partial charge in [-0.25, -0.2) is 0 Å². The van der Waals surface area contributed by atoms with Crippen LogP contribution in [0.3, 0.4) is 0 Å². The van der Waals surface area contributed by atoms with Crippen LogP contribution < -0.4 is 19.7 Å². The summed E-state index contributed by atoms with van der Waals surface area (Å²) in [6.45, 7) is 3.18. The Morgan fingerprint density at radius 2 is 1.91 bits per heavy atom. The molecule has 0 spiro atoms. The highest BCUT2D eigenvalue weighted by atomic mass is 16.5. The maximum Gasteiger partial charge on any atom is 0.229 e. The lowest BCUT2D eigenvalue weighted by molar-refractivity contribution is -0.122. The van der Waals surface area contributed by atoms with Crippen LogP contribution in [0.1, 0.15) is 19.0 Å². The van der Waals surface area contributed by atoms with Crippen LogP contribution in [0.25, 0.3) is 0 Å². The summed E-state index contributed by atoms with van der Waals surface area (Å²) in [6.07, 6.45) is 1.89. The number of nitrogens with one attached hydrogen (secondary N) is 1. The van der Waals surface area contributed by atoms with E-state index in [2.05, 4.69) is 10.3 Å². The maximum absolute atomic E-state index is 12.8. The Hall–Kier alpha value is -3.87. The molecular formula is C25H25N3O4.